The minimum absolute atomic E-state index is 0.0408. The van der Waals surface area contributed by atoms with Crippen molar-refractivity contribution in [3.63, 3.8) is 0 Å². The van der Waals surface area contributed by atoms with Gasteiger partial charge in [0.15, 0.2) is 0 Å². The fourth-order valence-electron chi connectivity index (χ4n) is 14.0. The third kappa shape index (κ3) is 18.8. The number of hydrogen-bond donors (Lipinski definition) is 3. The smallest absolute Gasteiger partial charge is 0.343 e. The van der Waals surface area contributed by atoms with E-state index in [1.165, 1.54) is 44.9 Å². The number of nitrogens with one attached hydrogen (secondary N) is 3. The molecule has 1 aromatic rings. The molecule has 0 aromatic heterocycles. The summed E-state index contributed by atoms with van der Waals surface area (Å²) in [5.74, 6) is -11.7. The number of benzene rings is 1. The van der Waals surface area contributed by atoms with Gasteiger partial charge in [0, 0.05) is 68.5 Å². The van der Waals surface area contributed by atoms with Crippen molar-refractivity contribution in [3.05, 3.63) is 34.3 Å². The summed E-state index contributed by atoms with van der Waals surface area (Å²) in [5.41, 5.74) is -2.62. The SMILES string of the molecule is CC[C@H](C)[C@@H]1NC(=O)[C@H](CC(C)C)N(C)C(=O)C[C@@H](C(=O)N2CCCCC2)N(C)C(=O)[C@H](C(C)C)N(C)C(=O)C2(CCCC2)NC(=O)[C@@H]2CCCN2C(=O)[C@H](CCc2ccc(C(F)(F)F)c(Cl)c2)NC(=O)CN(C)C(=O)[C@H](CC(F)(F)F)N(C)C(=O)[C@@H]2CCN2C(=O)[C@H](C)N(C)C1=O. The highest BCUT2D eigenvalue weighted by atomic mass is 35.5. The maximum atomic E-state index is 15.4. The summed E-state index contributed by atoms with van der Waals surface area (Å²) < 4.78 is 84.9. The molecule has 6 rings (SSSR count). The zero-order valence-corrected chi connectivity index (χ0v) is 59.3. The highest BCUT2D eigenvalue weighted by Gasteiger charge is 2.52. The minimum Gasteiger partial charge on any atom is -0.343 e. The summed E-state index contributed by atoms with van der Waals surface area (Å²) in [5, 5.41) is 7.62. The molecule has 0 radical (unpaired) electrons. The van der Waals surface area contributed by atoms with E-state index in [-0.39, 0.29) is 75.9 Å². The second kappa shape index (κ2) is 33.3. The molecule has 0 unspecified atom stereocenters. The van der Waals surface area contributed by atoms with Crippen molar-refractivity contribution in [1.29, 1.82) is 0 Å². The molecule has 1 aliphatic carbocycles. The maximum Gasteiger partial charge on any atom is 0.417 e. The lowest BCUT2D eigenvalue weighted by Gasteiger charge is -2.45. The molecule has 10 atom stereocenters. The number of halogens is 7. The third-order valence-electron chi connectivity index (χ3n) is 20.3. The van der Waals surface area contributed by atoms with E-state index in [0.29, 0.717) is 55.0 Å². The van der Waals surface area contributed by atoms with Gasteiger partial charge in [-0.15, -0.1) is 0 Å². The molecule has 4 aliphatic heterocycles. The fraction of sp³-hybridized carbons (Fsp3) is 0.731. The van der Waals surface area contributed by atoms with Gasteiger partial charge in [0.25, 0.3) is 0 Å². The second-order valence-electron chi connectivity index (χ2n) is 28.1. The van der Waals surface area contributed by atoms with Gasteiger partial charge < -0.3 is 60.0 Å². The Bertz CT molecular complexity index is 3130. The normalized spacial score (nSPS) is 27.2. The third-order valence-corrected chi connectivity index (χ3v) is 20.6. The molecule has 0 bridgehead atoms. The molecule has 3 N–H and O–H groups in total. The number of amides is 12. The standard InChI is InChI=1S/C67H99ClF6N12O12/c1-14-40(6)53-62(96)79(9)41(7)57(91)86-32-26-47(86)60(94)82(12)50(36-66(69,70)71)59(93)78(8)37-51(87)75-45(25-23-42-22-24-43(44(68)34-42)67(72,73)74)58(92)85-31-20-21-46(85)56(90)77-65(27-16-17-28-65)64(98)83(13)54(39(4)5)63(97)81(11)49(61(95)84-29-18-15-19-30-84)35-52(88)80(10)48(33-38(2)3)55(89)76-53/h22,24,34,38-41,45-50,53-54H,14-21,23,25-33,35-37H2,1-13H3,(H,75,87)(H,76,89)(H,77,90)/t40-,41-,45-,46-,47-,48-,49-,50-,53-,54-/m0/s1. The number of piperidine rings is 1. The molecular weight excluding hydrogens is 1310 g/mol. The first kappa shape index (κ1) is 79.7. The summed E-state index contributed by atoms with van der Waals surface area (Å²) >= 11 is 6.07. The van der Waals surface area contributed by atoms with Crippen LogP contribution in [0.5, 0.6) is 0 Å². The van der Waals surface area contributed by atoms with Crippen molar-refractivity contribution in [2.45, 2.75) is 223 Å². The molecule has 1 aromatic carbocycles. The van der Waals surface area contributed by atoms with E-state index in [1.54, 1.807) is 32.6 Å². The van der Waals surface area contributed by atoms with Crippen molar-refractivity contribution < 1.29 is 83.9 Å². The zero-order chi connectivity index (χ0) is 73.4. The number of aryl methyl sites for hydroxylation is 1. The lowest BCUT2D eigenvalue weighted by molar-refractivity contribution is -0.170. The lowest BCUT2D eigenvalue weighted by Crippen LogP contribution is -2.65. The number of alkyl halides is 6. The van der Waals surface area contributed by atoms with E-state index < -0.39 is 185 Å². The molecule has 548 valence electrons. The summed E-state index contributed by atoms with van der Waals surface area (Å²) in [6, 6.07) is -10.5. The van der Waals surface area contributed by atoms with E-state index in [0.717, 1.165) is 58.3 Å². The summed E-state index contributed by atoms with van der Waals surface area (Å²) in [7, 11) is 7.35. The predicted octanol–water partition coefficient (Wildman–Crippen LogP) is 5.01. The molecule has 12 amide bonds. The Morgan fingerprint density at radius 2 is 1.28 bits per heavy atom. The van der Waals surface area contributed by atoms with Crippen LogP contribution in [0.3, 0.4) is 0 Å². The molecule has 4 saturated heterocycles. The molecule has 4 heterocycles. The Labute approximate surface area is 574 Å². The topological polar surface area (TPSA) is 270 Å². The van der Waals surface area contributed by atoms with Gasteiger partial charge in [-0.3, -0.25) is 57.5 Å². The van der Waals surface area contributed by atoms with Crippen molar-refractivity contribution in [3.8, 4) is 0 Å². The average Bonchev–Trinajstić information content (AvgIpc) is 1.36. The first-order valence-electron chi connectivity index (χ1n) is 34.0. The molecule has 1 saturated carbocycles. The van der Waals surface area contributed by atoms with Crippen LogP contribution < -0.4 is 16.0 Å². The number of hydrogen-bond acceptors (Lipinski definition) is 12. The van der Waals surface area contributed by atoms with Gasteiger partial charge in [0.05, 0.1) is 30.0 Å². The lowest BCUT2D eigenvalue weighted by atomic mass is 9.91. The summed E-state index contributed by atoms with van der Waals surface area (Å²) in [6.45, 7) is 11.3. The number of carbonyl (C=O) groups excluding carboxylic acids is 12. The fourth-order valence-corrected chi connectivity index (χ4v) is 14.3. The van der Waals surface area contributed by atoms with E-state index >= 15 is 14.4 Å². The number of fused-ring (bicyclic) bond motifs is 2. The molecule has 31 heteroatoms. The van der Waals surface area contributed by atoms with Crippen LogP contribution in [-0.4, -0.2) is 256 Å². The van der Waals surface area contributed by atoms with Crippen LogP contribution in [0, 0.1) is 17.8 Å². The summed E-state index contributed by atoms with van der Waals surface area (Å²) in [4.78, 5) is 187. The molecule has 5 fully saturated rings. The molecule has 1 spiro atoms. The molecule has 24 nitrogen and oxygen atoms in total. The molecule has 5 aliphatic rings. The maximum absolute atomic E-state index is 15.4. The van der Waals surface area contributed by atoms with Gasteiger partial charge >= 0.3 is 12.4 Å². The number of likely N-dealkylation sites (tertiary alicyclic amines) is 1. The van der Waals surface area contributed by atoms with Crippen LogP contribution in [0.4, 0.5) is 26.3 Å². The van der Waals surface area contributed by atoms with E-state index in [2.05, 4.69) is 16.0 Å². The van der Waals surface area contributed by atoms with Crippen LogP contribution in [0.1, 0.15) is 156 Å². The Balaban J connectivity index is 1.44. The number of rotatable bonds is 10. The predicted molar refractivity (Wildman–Crippen MR) is 348 cm³/mol. The van der Waals surface area contributed by atoms with E-state index in [9.17, 15) is 69.5 Å². The van der Waals surface area contributed by atoms with Crippen molar-refractivity contribution in [2.24, 2.45) is 17.8 Å². The van der Waals surface area contributed by atoms with Gasteiger partial charge in [-0.25, -0.2) is 0 Å². The van der Waals surface area contributed by atoms with Crippen molar-refractivity contribution in [2.75, 3.05) is 75.0 Å². The van der Waals surface area contributed by atoms with Gasteiger partial charge in [0.2, 0.25) is 70.9 Å². The quantitative estimate of drug-likeness (QED) is 0.261. The highest BCUT2D eigenvalue weighted by Crippen LogP contribution is 2.37. The zero-order valence-electron chi connectivity index (χ0n) is 58.6. The second-order valence-corrected chi connectivity index (χ2v) is 28.5. The van der Waals surface area contributed by atoms with Crippen LogP contribution in [0.2, 0.25) is 5.02 Å². The first-order valence-corrected chi connectivity index (χ1v) is 34.4. The number of nitrogens with zero attached hydrogens (tertiary/aromatic N) is 9. The van der Waals surface area contributed by atoms with Crippen molar-refractivity contribution >= 4 is 82.5 Å². The number of carbonyl (C=O) groups is 12. The monoisotopic (exact) mass is 1410 g/mol. The minimum atomic E-state index is -5.10. The summed E-state index contributed by atoms with van der Waals surface area (Å²) in [6.07, 6.45) is -9.26. The van der Waals surface area contributed by atoms with Gasteiger partial charge in [0.1, 0.15) is 59.9 Å². The average molecular weight is 1410 g/mol. The van der Waals surface area contributed by atoms with Crippen LogP contribution in [0.25, 0.3) is 0 Å². The first-order chi connectivity index (χ1) is 45.7. The Hall–Kier alpha value is -7.27. The van der Waals surface area contributed by atoms with E-state index in [1.807, 2.05) is 13.8 Å². The van der Waals surface area contributed by atoms with Crippen LogP contribution in [0.15, 0.2) is 18.2 Å². The van der Waals surface area contributed by atoms with E-state index in [4.69, 9.17) is 11.6 Å². The highest BCUT2D eigenvalue weighted by molar-refractivity contribution is 6.31. The van der Waals surface area contributed by atoms with Gasteiger partial charge in [-0.2, -0.15) is 26.3 Å². The van der Waals surface area contributed by atoms with Gasteiger partial charge in [-0.1, -0.05) is 78.5 Å². The molecule has 98 heavy (non-hydrogen) atoms. The molecular formula is C67H99ClF6N12O12. The van der Waals surface area contributed by atoms with Crippen molar-refractivity contribution in [1.82, 2.24) is 60.0 Å². The largest absolute Gasteiger partial charge is 0.417 e. The Morgan fingerprint density at radius 3 is 1.83 bits per heavy atom. The Kier molecular flexibility index (Phi) is 27.1. The van der Waals surface area contributed by atoms with Gasteiger partial charge in [-0.05, 0) is 113 Å². The van der Waals surface area contributed by atoms with Crippen LogP contribution in [-0.2, 0) is 70.1 Å². The number of likely N-dealkylation sites (N-methyl/N-ethyl adjacent to an activating group) is 6. The van der Waals surface area contributed by atoms with Crippen LogP contribution >= 0.6 is 11.6 Å². The Morgan fingerprint density at radius 1 is 0.653 bits per heavy atom.